The summed E-state index contributed by atoms with van der Waals surface area (Å²) in [5.41, 5.74) is 1.80. The van der Waals surface area contributed by atoms with E-state index >= 15 is 0 Å². The maximum atomic E-state index is 5.98. The summed E-state index contributed by atoms with van der Waals surface area (Å²) in [6.45, 7) is 3.47. The van der Waals surface area contributed by atoms with E-state index in [1.54, 1.807) is 31.5 Å². The zero-order chi connectivity index (χ0) is 15.2. The fraction of sp³-hybridized carbons (Fsp3) is 0.286. The van der Waals surface area contributed by atoms with Gasteiger partial charge in [-0.1, -0.05) is 11.6 Å². The number of anilines is 1. The molecule has 5 nitrogen and oxygen atoms in total. The molecule has 112 valence electrons. The average Bonchev–Trinajstić information content (AvgIpc) is 2.93. The number of hydrogen-bond acceptors (Lipinski definition) is 3. The number of aryl methyl sites for hydroxylation is 1. The molecule has 0 atom stereocenters. The standard InChI is InChI=1S/C14H17ClN4OS/c1-3-19-11(6-7-17-19)9-16-14(21)18-12-8-10(15)4-5-13(12)20-2/h4-8H,3,9H2,1-2H3,(H2,16,18,21). The van der Waals surface area contributed by atoms with E-state index in [2.05, 4.69) is 15.7 Å². The van der Waals surface area contributed by atoms with Gasteiger partial charge in [0, 0.05) is 17.8 Å². The number of thiocarbonyl (C=S) groups is 1. The van der Waals surface area contributed by atoms with Gasteiger partial charge in [-0.3, -0.25) is 4.68 Å². The van der Waals surface area contributed by atoms with Gasteiger partial charge in [0.15, 0.2) is 5.11 Å². The topological polar surface area (TPSA) is 51.1 Å². The quantitative estimate of drug-likeness (QED) is 0.828. The van der Waals surface area contributed by atoms with E-state index in [1.807, 2.05) is 17.7 Å². The normalized spacial score (nSPS) is 10.2. The Labute approximate surface area is 134 Å². The van der Waals surface area contributed by atoms with Crippen LogP contribution in [0.25, 0.3) is 0 Å². The van der Waals surface area contributed by atoms with Gasteiger partial charge >= 0.3 is 0 Å². The van der Waals surface area contributed by atoms with Crippen molar-refractivity contribution in [3.63, 3.8) is 0 Å². The molecule has 0 fully saturated rings. The van der Waals surface area contributed by atoms with Crippen molar-refractivity contribution < 1.29 is 4.74 Å². The molecule has 21 heavy (non-hydrogen) atoms. The first-order valence-electron chi connectivity index (χ1n) is 6.53. The van der Waals surface area contributed by atoms with E-state index in [4.69, 9.17) is 28.6 Å². The fourth-order valence-corrected chi connectivity index (χ4v) is 2.26. The minimum Gasteiger partial charge on any atom is -0.495 e. The van der Waals surface area contributed by atoms with Crippen LogP contribution in [0, 0.1) is 0 Å². The van der Waals surface area contributed by atoms with Crippen molar-refractivity contribution in [2.75, 3.05) is 12.4 Å². The Morgan fingerprint density at radius 3 is 2.95 bits per heavy atom. The third-order valence-corrected chi connectivity index (χ3v) is 3.43. The van der Waals surface area contributed by atoms with E-state index in [-0.39, 0.29) is 0 Å². The van der Waals surface area contributed by atoms with Crippen molar-refractivity contribution in [3.05, 3.63) is 41.2 Å². The van der Waals surface area contributed by atoms with Crippen molar-refractivity contribution in [2.45, 2.75) is 20.0 Å². The van der Waals surface area contributed by atoms with E-state index in [0.717, 1.165) is 17.9 Å². The van der Waals surface area contributed by atoms with Crippen LogP contribution in [0.4, 0.5) is 5.69 Å². The van der Waals surface area contributed by atoms with Crippen LogP contribution in [0.15, 0.2) is 30.5 Å². The number of ether oxygens (including phenoxy) is 1. The van der Waals surface area contributed by atoms with Crippen LogP contribution < -0.4 is 15.4 Å². The Hall–Kier alpha value is -1.79. The fourth-order valence-electron chi connectivity index (χ4n) is 1.91. The van der Waals surface area contributed by atoms with E-state index in [9.17, 15) is 0 Å². The van der Waals surface area contributed by atoms with Crippen LogP contribution in [-0.4, -0.2) is 22.0 Å². The zero-order valence-electron chi connectivity index (χ0n) is 11.9. The van der Waals surface area contributed by atoms with Crippen LogP contribution in [-0.2, 0) is 13.1 Å². The van der Waals surface area contributed by atoms with Gasteiger partial charge in [-0.25, -0.2) is 0 Å². The summed E-state index contributed by atoms with van der Waals surface area (Å²) in [6.07, 6.45) is 1.77. The first-order chi connectivity index (χ1) is 10.1. The number of nitrogens with zero attached hydrogens (tertiary/aromatic N) is 2. The Bertz CT molecular complexity index is 629. The molecule has 0 saturated heterocycles. The van der Waals surface area contributed by atoms with E-state index in [1.165, 1.54) is 0 Å². The molecular weight excluding hydrogens is 308 g/mol. The highest BCUT2D eigenvalue weighted by Gasteiger charge is 2.07. The molecule has 0 aliphatic rings. The molecule has 2 aromatic rings. The van der Waals surface area contributed by atoms with Gasteiger partial charge in [0.1, 0.15) is 5.75 Å². The molecular formula is C14H17ClN4OS. The number of hydrogen-bond donors (Lipinski definition) is 2. The second-order valence-electron chi connectivity index (χ2n) is 4.29. The van der Waals surface area contributed by atoms with Gasteiger partial charge in [0.05, 0.1) is 25.0 Å². The monoisotopic (exact) mass is 324 g/mol. The zero-order valence-corrected chi connectivity index (χ0v) is 13.5. The lowest BCUT2D eigenvalue weighted by Gasteiger charge is -2.14. The molecule has 0 bridgehead atoms. The average molecular weight is 325 g/mol. The van der Waals surface area contributed by atoms with Crippen molar-refractivity contribution in [1.29, 1.82) is 0 Å². The third-order valence-electron chi connectivity index (χ3n) is 2.94. The number of nitrogens with one attached hydrogen (secondary N) is 2. The lowest BCUT2D eigenvalue weighted by Crippen LogP contribution is -2.29. The SMILES string of the molecule is CCn1nccc1CNC(=S)Nc1cc(Cl)ccc1OC. The molecule has 2 N–H and O–H groups in total. The number of benzene rings is 1. The lowest BCUT2D eigenvalue weighted by molar-refractivity contribution is 0.417. The number of methoxy groups -OCH3 is 1. The summed E-state index contributed by atoms with van der Waals surface area (Å²) in [6, 6.07) is 7.28. The summed E-state index contributed by atoms with van der Waals surface area (Å²) < 4.78 is 7.18. The van der Waals surface area contributed by atoms with Crippen molar-refractivity contribution in [2.24, 2.45) is 0 Å². The highest BCUT2D eigenvalue weighted by atomic mass is 35.5. The summed E-state index contributed by atoms with van der Waals surface area (Å²) in [4.78, 5) is 0. The summed E-state index contributed by atoms with van der Waals surface area (Å²) >= 11 is 11.3. The van der Waals surface area contributed by atoms with Gasteiger partial charge < -0.3 is 15.4 Å². The van der Waals surface area contributed by atoms with Gasteiger partial charge in [-0.2, -0.15) is 5.10 Å². The molecule has 0 saturated carbocycles. The van der Waals surface area contributed by atoms with E-state index < -0.39 is 0 Å². The Kier molecular flexibility index (Phi) is 5.41. The Morgan fingerprint density at radius 2 is 2.24 bits per heavy atom. The number of rotatable bonds is 5. The first-order valence-corrected chi connectivity index (χ1v) is 7.31. The molecule has 1 heterocycles. The highest BCUT2D eigenvalue weighted by Crippen LogP contribution is 2.27. The summed E-state index contributed by atoms with van der Waals surface area (Å²) in [5.74, 6) is 0.683. The largest absolute Gasteiger partial charge is 0.495 e. The smallest absolute Gasteiger partial charge is 0.171 e. The molecule has 0 radical (unpaired) electrons. The molecule has 1 aromatic carbocycles. The molecule has 0 aliphatic heterocycles. The van der Waals surface area contributed by atoms with Gasteiger partial charge in [-0.05, 0) is 43.4 Å². The van der Waals surface area contributed by atoms with Crippen molar-refractivity contribution in [3.8, 4) is 5.75 Å². The Morgan fingerprint density at radius 1 is 1.43 bits per heavy atom. The van der Waals surface area contributed by atoms with Crippen molar-refractivity contribution >= 4 is 34.6 Å². The van der Waals surface area contributed by atoms with Crippen LogP contribution in [0.5, 0.6) is 5.75 Å². The Balaban J connectivity index is 1.97. The number of halogens is 1. The highest BCUT2D eigenvalue weighted by molar-refractivity contribution is 7.80. The van der Waals surface area contributed by atoms with Crippen LogP contribution in [0.3, 0.4) is 0 Å². The molecule has 0 aliphatic carbocycles. The predicted molar refractivity (Wildman–Crippen MR) is 89.0 cm³/mol. The van der Waals surface area contributed by atoms with Crippen molar-refractivity contribution in [1.82, 2.24) is 15.1 Å². The maximum Gasteiger partial charge on any atom is 0.171 e. The second-order valence-corrected chi connectivity index (χ2v) is 5.14. The van der Waals surface area contributed by atoms with Gasteiger partial charge in [-0.15, -0.1) is 0 Å². The molecule has 1 aromatic heterocycles. The first kappa shape index (κ1) is 15.6. The molecule has 7 heteroatoms. The molecule has 0 spiro atoms. The number of aromatic nitrogens is 2. The molecule has 2 rings (SSSR count). The molecule has 0 amide bonds. The summed E-state index contributed by atoms with van der Waals surface area (Å²) in [5, 5.41) is 11.5. The minimum atomic E-state index is 0.499. The van der Waals surface area contributed by atoms with Gasteiger partial charge in [0.2, 0.25) is 0 Å². The van der Waals surface area contributed by atoms with Crippen LogP contribution >= 0.6 is 23.8 Å². The van der Waals surface area contributed by atoms with Crippen LogP contribution in [0.2, 0.25) is 5.02 Å². The molecule has 0 unspecified atom stereocenters. The second kappa shape index (κ2) is 7.28. The minimum absolute atomic E-state index is 0.499. The maximum absolute atomic E-state index is 5.98. The van der Waals surface area contributed by atoms with Gasteiger partial charge in [0.25, 0.3) is 0 Å². The predicted octanol–water partition coefficient (Wildman–Crippen LogP) is 3.05. The summed E-state index contributed by atoms with van der Waals surface area (Å²) in [7, 11) is 1.60. The lowest BCUT2D eigenvalue weighted by atomic mass is 10.3. The van der Waals surface area contributed by atoms with E-state index in [0.29, 0.717) is 22.4 Å². The third kappa shape index (κ3) is 4.09. The van der Waals surface area contributed by atoms with Crippen LogP contribution in [0.1, 0.15) is 12.6 Å².